The minimum absolute atomic E-state index is 0.335. The number of hydrogen-bond acceptors (Lipinski definition) is 3. The van der Waals surface area contributed by atoms with Gasteiger partial charge in [-0.3, -0.25) is 4.79 Å². The van der Waals surface area contributed by atoms with Crippen LogP contribution < -0.4 is 11.1 Å². The molecule has 5 heteroatoms. The highest BCUT2D eigenvalue weighted by atomic mass is 16.1. The van der Waals surface area contributed by atoms with Crippen molar-refractivity contribution in [3.8, 4) is 5.69 Å². The molecule has 0 saturated carbocycles. The van der Waals surface area contributed by atoms with E-state index in [1.54, 1.807) is 17.8 Å². The Bertz CT molecular complexity index is 522. The molecule has 0 aliphatic carbocycles. The fourth-order valence-electron chi connectivity index (χ4n) is 1.60. The second-order valence-electron chi connectivity index (χ2n) is 4.13. The average Bonchev–Trinajstić information content (AvgIpc) is 2.90. The van der Waals surface area contributed by atoms with Crippen LogP contribution in [0.15, 0.2) is 42.7 Å². The summed E-state index contributed by atoms with van der Waals surface area (Å²) in [6.07, 6.45) is 3.62. The standard InChI is InChI=1S/C13H16N4O/c1-10(13(14)18)15-9-11-4-2-5-12(8-11)17-7-3-6-16-17/h2-8,10,15H,9H2,1H3,(H2,14,18)/t10-/m0/s1. The van der Waals surface area contributed by atoms with Crippen molar-refractivity contribution in [2.75, 3.05) is 0 Å². The molecular formula is C13H16N4O. The van der Waals surface area contributed by atoms with Gasteiger partial charge in [0.05, 0.1) is 11.7 Å². The van der Waals surface area contributed by atoms with E-state index >= 15 is 0 Å². The lowest BCUT2D eigenvalue weighted by molar-refractivity contribution is -0.119. The first-order valence-electron chi connectivity index (χ1n) is 5.78. The van der Waals surface area contributed by atoms with Gasteiger partial charge in [0.25, 0.3) is 0 Å². The summed E-state index contributed by atoms with van der Waals surface area (Å²) in [5, 5.41) is 7.24. The monoisotopic (exact) mass is 244 g/mol. The Hall–Kier alpha value is -2.14. The molecule has 5 nitrogen and oxygen atoms in total. The lowest BCUT2D eigenvalue weighted by atomic mass is 10.2. The van der Waals surface area contributed by atoms with Gasteiger partial charge in [0.15, 0.2) is 0 Å². The van der Waals surface area contributed by atoms with Crippen LogP contribution >= 0.6 is 0 Å². The summed E-state index contributed by atoms with van der Waals surface area (Å²) in [7, 11) is 0. The van der Waals surface area contributed by atoms with E-state index in [0.29, 0.717) is 6.54 Å². The van der Waals surface area contributed by atoms with Gasteiger partial charge >= 0.3 is 0 Å². The number of primary amides is 1. The first-order valence-corrected chi connectivity index (χ1v) is 5.78. The van der Waals surface area contributed by atoms with Gasteiger partial charge in [0, 0.05) is 18.9 Å². The van der Waals surface area contributed by atoms with Crippen molar-refractivity contribution in [2.24, 2.45) is 5.73 Å². The molecule has 0 radical (unpaired) electrons. The third kappa shape index (κ3) is 2.95. The number of nitrogens with one attached hydrogen (secondary N) is 1. The smallest absolute Gasteiger partial charge is 0.234 e. The molecule has 1 amide bonds. The quantitative estimate of drug-likeness (QED) is 0.818. The summed E-state index contributed by atoms with van der Waals surface area (Å²) in [6, 6.07) is 9.50. The number of nitrogens with zero attached hydrogens (tertiary/aromatic N) is 2. The molecule has 2 rings (SSSR count). The number of aromatic nitrogens is 2. The Kier molecular flexibility index (Phi) is 3.74. The molecule has 94 valence electrons. The molecule has 18 heavy (non-hydrogen) atoms. The summed E-state index contributed by atoms with van der Waals surface area (Å²) < 4.78 is 1.79. The summed E-state index contributed by atoms with van der Waals surface area (Å²) in [5.74, 6) is -0.349. The van der Waals surface area contributed by atoms with Gasteiger partial charge in [0.1, 0.15) is 0 Å². The van der Waals surface area contributed by atoms with Crippen molar-refractivity contribution in [2.45, 2.75) is 19.5 Å². The number of hydrogen-bond donors (Lipinski definition) is 2. The van der Waals surface area contributed by atoms with Crippen LogP contribution in [-0.2, 0) is 11.3 Å². The van der Waals surface area contributed by atoms with Crippen molar-refractivity contribution >= 4 is 5.91 Å². The van der Waals surface area contributed by atoms with Crippen LogP contribution in [0.2, 0.25) is 0 Å². The fourth-order valence-corrected chi connectivity index (χ4v) is 1.60. The molecule has 0 bridgehead atoms. The molecule has 1 aromatic heterocycles. The third-order valence-corrected chi connectivity index (χ3v) is 2.72. The van der Waals surface area contributed by atoms with Crippen molar-refractivity contribution in [1.82, 2.24) is 15.1 Å². The second kappa shape index (κ2) is 5.46. The van der Waals surface area contributed by atoms with Gasteiger partial charge in [-0.15, -0.1) is 0 Å². The SMILES string of the molecule is C[C@H](NCc1cccc(-n2cccn2)c1)C(N)=O. The molecule has 0 aliphatic heterocycles. The Morgan fingerprint density at radius 3 is 3.00 bits per heavy atom. The Labute approximate surface area is 106 Å². The predicted molar refractivity (Wildman–Crippen MR) is 69.1 cm³/mol. The first kappa shape index (κ1) is 12.3. The van der Waals surface area contributed by atoms with E-state index in [-0.39, 0.29) is 11.9 Å². The minimum Gasteiger partial charge on any atom is -0.368 e. The van der Waals surface area contributed by atoms with Crippen LogP contribution in [0.5, 0.6) is 0 Å². The van der Waals surface area contributed by atoms with Crippen molar-refractivity contribution in [3.05, 3.63) is 48.3 Å². The first-order chi connectivity index (χ1) is 8.66. The maximum absolute atomic E-state index is 10.9. The molecule has 1 atom stereocenters. The molecule has 0 spiro atoms. The predicted octanol–water partition coefficient (Wildman–Crippen LogP) is 0.836. The Balaban J connectivity index is 2.06. The Morgan fingerprint density at radius 2 is 2.33 bits per heavy atom. The molecule has 0 aliphatic rings. The van der Waals surface area contributed by atoms with Crippen LogP contribution in [0.25, 0.3) is 5.69 Å². The van der Waals surface area contributed by atoms with Crippen LogP contribution in [-0.4, -0.2) is 21.7 Å². The van der Waals surface area contributed by atoms with E-state index < -0.39 is 0 Å². The van der Waals surface area contributed by atoms with Crippen LogP contribution in [0.4, 0.5) is 0 Å². The van der Waals surface area contributed by atoms with Crippen molar-refractivity contribution in [1.29, 1.82) is 0 Å². The number of amides is 1. The fraction of sp³-hybridized carbons (Fsp3) is 0.231. The number of nitrogens with two attached hydrogens (primary N) is 1. The Morgan fingerprint density at radius 1 is 1.50 bits per heavy atom. The molecule has 2 aromatic rings. The maximum atomic E-state index is 10.9. The zero-order chi connectivity index (χ0) is 13.0. The minimum atomic E-state index is -0.349. The molecular weight excluding hydrogens is 228 g/mol. The van der Waals surface area contributed by atoms with Crippen LogP contribution in [0.1, 0.15) is 12.5 Å². The summed E-state index contributed by atoms with van der Waals surface area (Å²) in [6.45, 7) is 2.35. The van der Waals surface area contributed by atoms with E-state index in [0.717, 1.165) is 11.3 Å². The molecule has 1 heterocycles. The number of rotatable bonds is 5. The van der Waals surface area contributed by atoms with E-state index in [1.807, 2.05) is 36.5 Å². The van der Waals surface area contributed by atoms with E-state index in [2.05, 4.69) is 10.4 Å². The van der Waals surface area contributed by atoms with Gasteiger partial charge in [-0.05, 0) is 30.7 Å². The van der Waals surface area contributed by atoms with Crippen LogP contribution in [0, 0.1) is 0 Å². The second-order valence-corrected chi connectivity index (χ2v) is 4.13. The van der Waals surface area contributed by atoms with Crippen molar-refractivity contribution in [3.63, 3.8) is 0 Å². The molecule has 0 fully saturated rings. The van der Waals surface area contributed by atoms with Gasteiger partial charge in [-0.25, -0.2) is 4.68 Å². The summed E-state index contributed by atoms with van der Waals surface area (Å²) in [4.78, 5) is 10.9. The highest BCUT2D eigenvalue weighted by molar-refractivity contribution is 5.79. The van der Waals surface area contributed by atoms with Gasteiger partial charge in [0.2, 0.25) is 5.91 Å². The topological polar surface area (TPSA) is 72.9 Å². The average molecular weight is 244 g/mol. The molecule has 0 unspecified atom stereocenters. The number of carbonyl (C=O) groups is 1. The van der Waals surface area contributed by atoms with Crippen LogP contribution in [0.3, 0.4) is 0 Å². The zero-order valence-electron chi connectivity index (χ0n) is 10.2. The number of benzene rings is 1. The third-order valence-electron chi connectivity index (χ3n) is 2.72. The van der Waals surface area contributed by atoms with Gasteiger partial charge < -0.3 is 11.1 Å². The van der Waals surface area contributed by atoms with Crippen molar-refractivity contribution < 1.29 is 4.79 Å². The highest BCUT2D eigenvalue weighted by Crippen LogP contribution is 2.09. The molecule has 1 aromatic carbocycles. The lowest BCUT2D eigenvalue weighted by Crippen LogP contribution is -2.38. The lowest BCUT2D eigenvalue weighted by Gasteiger charge is -2.10. The van der Waals surface area contributed by atoms with E-state index in [9.17, 15) is 4.79 Å². The highest BCUT2D eigenvalue weighted by Gasteiger charge is 2.07. The van der Waals surface area contributed by atoms with E-state index in [1.165, 1.54) is 0 Å². The maximum Gasteiger partial charge on any atom is 0.234 e. The normalized spacial score (nSPS) is 12.3. The largest absolute Gasteiger partial charge is 0.368 e. The number of carbonyl (C=O) groups excluding carboxylic acids is 1. The van der Waals surface area contributed by atoms with E-state index in [4.69, 9.17) is 5.73 Å². The molecule has 0 saturated heterocycles. The van der Waals surface area contributed by atoms with Gasteiger partial charge in [-0.1, -0.05) is 12.1 Å². The zero-order valence-corrected chi connectivity index (χ0v) is 10.2. The van der Waals surface area contributed by atoms with Gasteiger partial charge in [-0.2, -0.15) is 5.10 Å². The summed E-state index contributed by atoms with van der Waals surface area (Å²) >= 11 is 0. The molecule has 3 N–H and O–H groups in total. The summed E-state index contributed by atoms with van der Waals surface area (Å²) in [5.41, 5.74) is 7.26.